The highest BCUT2D eigenvalue weighted by Crippen LogP contribution is 2.32. The van der Waals surface area contributed by atoms with Crippen molar-refractivity contribution < 1.29 is 0 Å². The third kappa shape index (κ3) is 5.33. The highest BCUT2D eigenvalue weighted by atomic mass is 127. The molecule has 0 amide bonds. The van der Waals surface area contributed by atoms with E-state index in [4.69, 9.17) is 4.99 Å². The average Bonchev–Trinajstić information content (AvgIpc) is 3.12. The zero-order chi connectivity index (χ0) is 12.1. The topological polar surface area (TPSA) is 27.6 Å². The van der Waals surface area contributed by atoms with Gasteiger partial charge in [0.15, 0.2) is 5.96 Å². The maximum Gasteiger partial charge on any atom is 0.193 e. The monoisotopic (exact) mass is 365 g/mol. The Bertz CT molecular complexity index is 264. The third-order valence-corrected chi connectivity index (χ3v) is 3.79. The first-order chi connectivity index (χ1) is 8.29. The first-order valence-electron chi connectivity index (χ1n) is 7.33. The van der Waals surface area contributed by atoms with Crippen LogP contribution in [0.2, 0.25) is 0 Å². The first-order valence-corrected chi connectivity index (χ1v) is 7.33. The first kappa shape index (κ1) is 16.1. The largest absolute Gasteiger partial charge is 0.357 e. The summed E-state index contributed by atoms with van der Waals surface area (Å²) in [7, 11) is 0. The van der Waals surface area contributed by atoms with E-state index < -0.39 is 0 Å². The van der Waals surface area contributed by atoms with Crippen molar-refractivity contribution in [3.05, 3.63) is 0 Å². The summed E-state index contributed by atoms with van der Waals surface area (Å²) >= 11 is 0. The minimum absolute atomic E-state index is 0. The van der Waals surface area contributed by atoms with E-state index in [1.54, 1.807) is 0 Å². The Kier molecular flexibility index (Phi) is 7.34. The zero-order valence-electron chi connectivity index (χ0n) is 11.8. The molecule has 1 heterocycles. The van der Waals surface area contributed by atoms with Crippen LogP contribution in [0, 0.1) is 11.8 Å². The van der Waals surface area contributed by atoms with Gasteiger partial charge in [-0.2, -0.15) is 0 Å². The Morgan fingerprint density at radius 2 is 2.11 bits per heavy atom. The van der Waals surface area contributed by atoms with Gasteiger partial charge in [-0.3, -0.25) is 4.99 Å². The van der Waals surface area contributed by atoms with Crippen LogP contribution in [-0.2, 0) is 0 Å². The standard InChI is InChI=1S/C14H27N3.HI/c1-3-15-14(16-9-8-13-6-7-13)17-10-4-5-12(2)11-17;/h12-13H,3-11H2,1-2H3,(H,15,16);1H. The minimum Gasteiger partial charge on any atom is -0.357 e. The summed E-state index contributed by atoms with van der Waals surface area (Å²) in [6.07, 6.45) is 6.85. The second kappa shape index (κ2) is 8.23. The number of guanidine groups is 1. The Hall–Kier alpha value is 0. The molecule has 3 nitrogen and oxygen atoms in total. The molecule has 4 heteroatoms. The lowest BCUT2D eigenvalue weighted by Crippen LogP contribution is -2.46. The smallest absolute Gasteiger partial charge is 0.193 e. The van der Waals surface area contributed by atoms with Crippen molar-refractivity contribution in [1.29, 1.82) is 0 Å². The van der Waals surface area contributed by atoms with Crippen LogP contribution < -0.4 is 5.32 Å². The molecule has 1 unspecified atom stereocenters. The number of halogens is 1. The fourth-order valence-electron chi connectivity index (χ4n) is 2.57. The van der Waals surface area contributed by atoms with E-state index in [9.17, 15) is 0 Å². The molecule has 106 valence electrons. The molecule has 0 aromatic carbocycles. The SMILES string of the molecule is CCNC(=NCCC1CC1)N1CCCC(C)C1.I. The second-order valence-electron chi connectivity index (χ2n) is 5.66. The predicted molar refractivity (Wildman–Crippen MR) is 88.7 cm³/mol. The molecule has 0 bridgehead atoms. The predicted octanol–water partition coefficient (Wildman–Crippen LogP) is 3.10. The summed E-state index contributed by atoms with van der Waals surface area (Å²) in [6.45, 7) is 8.85. The van der Waals surface area contributed by atoms with Gasteiger partial charge < -0.3 is 10.2 Å². The maximum absolute atomic E-state index is 4.78. The van der Waals surface area contributed by atoms with Gasteiger partial charge in [-0.1, -0.05) is 19.8 Å². The number of rotatable bonds is 4. The zero-order valence-corrected chi connectivity index (χ0v) is 14.2. The molecule has 0 aromatic heterocycles. The fraction of sp³-hybridized carbons (Fsp3) is 0.929. The van der Waals surface area contributed by atoms with E-state index in [-0.39, 0.29) is 24.0 Å². The van der Waals surface area contributed by atoms with Gasteiger partial charge in [-0.25, -0.2) is 0 Å². The lowest BCUT2D eigenvalue weighted by Gasteiger charge is -2.33. The van der Waals surface area contributed by atoms with Crippen LogP contribution in [0.25, 0.3) is 0 Å². The Morgan fingerprint density at radius 1 is 1.33 bits per heavy atom. The number of likely N-dealkylation sites (tertiary alicyclic amines) is 1. The Balaban J connectivity index is 0.00000162. The van der Waals surface area contributed by atoms with Gasteiger partial charge >= 0.3 is 0 Å². The van der Waals surface area contributed by atoms with Gasteiger partial charge in [-0.05, 0) is 38.0 Å². The maximum atomic E-state index is 4.78. The van der Waals surface area contributed by atoms with E-state index in [0.717, 1.165) is 30.9 Å². The molecule has 1 saturated heterocycles. The molecule has 2 rings (SSSR count). The third-order valence-electron chi connectivity index (χ3n) is 3.79. The van der Waals surface area contributed by atoms with Gasteiger partial charge in [0.25, 0.3) is 0 Å². The van der Waals surface area contributed by atoms with Crippen LogP contribution >= 0.6 is 24.0 Å². The van der Waals surface area contributed by atoms with Crippen molar-refractivity contribution in [2.24, 2.45) is 16.8 Å². The van der Waals surface area contributed by atoms with Crippen molar-refractivity contribution in [1.82, 2.24) is 10.2 Å². The molecule has 1 atom stereocenters. The van der Waals surface area contributed by atoms with Crippen molar-refractivity contribution in [3.8, 4) is 0 Å². The average molecular weight is 365 g/mol. The molecule has 1 saturated carbocycles. The Labute approximate surface area is 129 Å². The number of nitrogens with zero attached hydrogens (tertiary/aromatic N) is 2. The van der Waals surface area contributed by atoms with Crippen LogP contribution in [0.4, 0.5) is 0 Å². The quantitative estimate of drug-likeness (QED) is 0.471. The molecular weight excluding hydrogens is 337 g/mol. The number of nitrogens with one attached hydrogen (secondary N) is 1. The lowest BCUT2D eigenvalue weighted by molar-refractivity contribution is 0.266. The summed E-state index contributed by atoms with van der Waals surface area (Å²) in [5, 5.41) is 3.44. The van der Waals surface area contributed by atoms with Crippen molar-refractivity contribution in [2.75, 3.05) is 26.2 Å². The molecule has 1 aliphatic carbocycles. The highest BCUT2D eigenvalue weighted by molar-refractivity contribution is 14.0. The van der Waals surface area contributed by atoms with Crippen molar-refractivity contribution >= 4 is 29.9 Å². The van der Waals surface area contributed by atoms with Crippen LogP contribution in [-0.4, -0.2) is 37.0 Å². The van der Waals surface area contributed by atoms with Gasteiger partial charge in [0.2, 0.25) is 0 Å². The molecule has 2 aliphatic rings. The summed E-state index contributed by atoms with van der Waals surface area (Å²) in [4.78, 5) is 7.23. The molecule has 1 aliphatic heterocycles. The second-order valence-corrected chi connectivity index (χ2v) is 5.66. The van der Waals surface area contributed by atoms with Gasteiger partial charge in [0, 0.05) is 26.2 Å². The molecule has 1 N–H and O–H groups in total. The molecule has 18 heavy (non-hydrogen) atoms. The highest BCUT2D eigenvalue weighted by Gasteiger charge is 2.21. The van der Waals surface area contributed by atoms with Gasteiger partial charge in [0.05, 0.1) is 0 Å². The number of hydrogen-bond acceptors (Lipinski definition) is 1. The van der Waals surface area contributed by atoms with E-state index in [0.29, 0.717) is 0 Å². The van der Waals surface area contributed by atoms with Gasteiger partial charge in [-0.15, -0.1) is 24.0 Å². The lowest BCUT2D eigenvalue weighted by atomic mass is 10.0. The van der Waals surface area contributed by atoms with Crippen molar-refractivity contribution in [2.45, 2.75) is 46.0 Å². The molecule has 0 aromatic rings. The van der Waals surface area contributed by atoms with Crippen LogP contribution in [0.5, 0.6) is 0 Å². The van der Waals surface area contributed by atoms with E-state index in [1.807, 2.05) is 0 Å². The van der Waals surface area contributed by atoms with Gasteiger partial charge in [0.1, 0.15) is 0 Å². The fourth-order valence-corrected chi connectivity index (χ4v) is 2.57. The number of aliphatic imine (C=N–C) groups is 1. The van der Waals surface area contributed by atoms with Crippen LogP contribution in [0.3, 0.4) is 0 Å². The van der Waals surface area contributed by atoms with Crippen LogP contribution in [0.15, 0.2) is 4.99 Å². The summed E-state index contributed by atoms with van der Waals surface area (Å²) in [5.74, 6) is 2.96. The molecule has 2 fully saturated rings. The van der Waals surface area contributed by atoms with Crippen LogP contribution in [0.1, 0.15) is 46.0 Å². The van der Waals surface area contributed by atoms with E-state index in [2.05, 4.69) is 24.1 Å². The number of hydrogen-bond donors (Lipinski definition) is 1. The summed E-state index contributed by atoms with van der Waals surface area (Å²) < 4.78 is 0. The Morgan fingerprint density at radius 3 is 2.72 bits per heavy atom. The molecular formula is C14H28IN3. The number of piperidine rings is 1. The minimum atomic E-state index is 0. The van der Waals surface area contributed by atoms with E-state index >= 15 is 0 Å². The van der Waals surface area contributed by atoms with E-state index in [1.165, 1.54) is 45.2 Å². The molecule has 0 radical (unpaired) electrons. The summed E-state index contributed by atoms with van der Waals surface area (Å²) in [6, 6.07) is 0. The molecule has 0 spiro atoms. The van der Waals surface area contributed by atoms with Crippen molar-refractivity contribution in [3.63, 3.8) is 0 Å². The summed E-state index contributed by atoms with van der Waals surface area (Å²) in [5.41, 5.74) is 0. The normalized spacial score (nSPS) is 24.7.